The Morgan fingerprint density at radius 3 is 2.26 bits per heavy atom. The highest BCUT2D eigenvalue weighted by atomic mass is 16.4. The molecule has 2 aromatic heterocycles. The van der Waals surface area contributed by atoms with Crippen molar-refractivity contribution in [3.63, 3.8) is 0 Å². The predicted octanol–water partition coefficient (Wildman–Crippen LogP) is 4.03. The standard InChI is InChI=1S/C24H27NO6/c1-12-15(4)30-21-14(3)22-19(11-18(12)21)13(2)17(24(29)31-22)5-6-20(26)25-9-7-16(8-10-25)23(27)28/h11,16H,5-10H2,1-4H3,(H,27,28). The van der Waals surface area contributed by atoms with Crippen molar-refractivity contribution in [2.45, 2.75) is 53.4 Å². The lowest BCUT2D eigenvalue weighted by atomic mass is 9.96. The molecule has 31 heavy (non-hydrogen) atoms. The maximum absolute atomic E-state index is 12.7. The third kappa shape index (κ3) is 3.62. The normalized spacial score (nSPS) is 15.2. The van der Waals surface area contributed by atoms with Gasteiger partial charge in [0.15, 0.2) is 0 Å². The van der Waals surface area contributed by atoms with Crippen LogP contribution in [0.25, 0.3) is 21.9 Å². The Bertz CT molecular complexity index is 1260. The van der Waals surface area contributed by atoms with E-state index in [1.165, 1.54) is 0 Å². The van der Waals surface area contributed by atoms with Gasteiger partial charge in [-0.1, -0.05) is 0 Å². The van der Waals surface area contributed by atoms with Crippen molar-refractivity contribution in [2.24, 2.45) is 5.92 Å². The monoisotopic (exact) mass is 425 g/mol. The number of rotatable bonds is 4. The van der Waals surface area contributed by atoms with Gasteiger partial charge >= 0.3 is 11.6 Å². The molecule has 1 fully saturated rings. The quantitative estimate of drug-likeness (QED) is 0.634. The number of amides is 1. The lowest BCUT2D eigenvalue weighted by molar-refractivity contribution is -0.145. The van der Waals surface area contributed by atoms with Gasteiger partial charge < -0.3 is 18.8 Å². The van der Waals surface area contributed by atoms with Gasteiger partial charge in [-0.05, 0) is 64.2 Å². The Labute approximate surface area is 179 Å². The molecular formula is C24H27NO6. The predicted molar refractivity (Wildman–Crippen MR) is 116 cm³/mol. The fraction of sp³-hybridized carbons (Fsp3) is 0.458. The van der Waals surface area contributed by atoms with Crippen LogP contribution < -0.4 is 5.63 Å². The molecule has 0 aliphatic carbocycles. The van der Waals surface area contributed by atoms with Gasteiger partial charge in [0.25, 0.3) is 0 Å². The van der Waals surface area contributed by atoms with Crippen LogP contribution in [-0.4, -0.2) is 35.0 Å². The summed E-state index contributed by atoms with van der Waals surface area (Å²) in [5.41, 5.74) is 4.03. The fourth-order valence-corrected chi connectivity index (χ4v) is 4.55. The van der Waals surface area contributed by atoms with E-state index in [9.17, 15) is 14.4 Å². The summed E-state index contributed by atoms with van der Waals surface area (Å²) in [5, 5.41) is 11.0. The smallest absolute Gasteiger partial charge is 0.339 e. The highest BCUT2D eigenvalue weighted by Gasteiger charge is 2.27. The Morgan fingerprint density at radius 1 is 1.00 bits per heavy atom. The van der Waals surface area contributed by atoms with Crippen LogP contribution in [0.3, 0.4) is 0 Å². The van der Waals surface area contributed by atoms with Crippen LogP contribution in [0.4, 0.5) is 0 Å². The lowest BCUT2D eigenvalue weighted by Crippen LogP contribution is -2.40. The van der Waals surface area contributed by atoms with E-state index in [2.05, 4.69) is 0 Å². The maximum Gasteiger partial charge on any atom is 0.339 e. The summed E-state index contributed by atoms with van der Waals surface area (Å²) in [5.74, 6) is -0.403. The molecule has 1 aromatic carbocycles. The summed E-state index contributed by atoms with van der Waals surface area (Å²) in [4.78, 5) is 38.2. The van der Waals surface area contributed by atoms with Crippen molar-refractivity contribution >= 4 is 33.8 Å². The number of likely N-dealkylation sites (tertiary alicyclic amines) is 1. The molecule has 0 atom stereocenters. The van der Waals surface area contributed by atoms with Crippen molar-refractivity contribution in [2.75, 3.05) is 13.1 Å². The Balaban J connectivity index is 1.60. The first-order valence-electron chi connectivity index (χ1n) is 10.6. The van der Waals surface area contributed by atoms with Gasteiger partial charge in [-0.3, -0.25) is 9.59 Å². The van der Waals surface area contributed by atoms with Crippen molar-refractivity contribution in [3.8, 4) is 0 Å². The van der Waals surface area contributed by atoms with Crippen LogP contribution in [0.15, 0.2) is 19.7 Å². The van der Waals surface area contributed by atoms with Gasteiger partial charge in [0.05, 0.1) is 5.92 Å². The number of piperidine rings is 1. The molecule has 3 aromatic rings. The van der Waals surface area contributed by atoms with E-state index in [0.717, 1.165) is 38.8 Å². The molecule has 0 unspecified atom stereocenters. The van der Waals surface area contributed by atoms with Crippen molar-refractivity contribution < 1.29 is 23.5 Å². The molecule has 1 aliphatic rings. The molecule has 1 amide bonds. The molecule has 164 valence electrons. The zero-order chi connectivity index (χ0) is 22.4. The third-order valence-corrected chi connectivity index (χ3v) is 6.73. The summed E-state index contributed by atoms with van der Waals surface area (Å²) in [6, 6.07) is 2.00. The zero-order valence-electron chi connectivity index (χ0n) is 18.3. The number of fused-ring (bicyclic) bond motifs is 2. The zero-order valence-corrected chi connectivity index (χ0v) is 18.3. The van der Waals surface area contributed by atoms with Crippen LogP contribution in [-0.2, 0) is 16.0 Å². The van der Waals surface area contributed by atoms with Crippen molar-refractivity contribution in [3.05, 3.63) is 44.5 Å². The molecule has 0 radical (unpaired) electrons. The second-order valence-corrected chi connectivity index (χ2v) is 8.52. The van der Waals surface area contributed by atoms with E-state index in [4.69, 9.17) is 13.9 Å². The van der Waals surface area contributed by atoms with E-state index < -0.39 is 11.6 Å². The van der Waals surface area contributed by atoms with Crippen LogP contribution in [0, 0.1) is 33.6 Å². The molecule has 0 saturated carbocycles. The number of hydrogen-bond acceptors (Lipinski definition) is 5. The number of carbonyl (C=O) groups excluding carboxylic acids is 1. The topological polar surface area (TPSA) is 101 Å². The first kappa shape index (κ1) is 21.2. The lowest BCUT2D eigenvalue weighted by Gasteiger charge is -2.30. The van der Waals surface area contributed by atoms with Gasteiger partial charge in [0.2, 0.25) is 5.91 Å². The number of benzene rings is 1. The average Bonchev–Trinajstić information content (AvgIpc) is 3.03. The van der Waals surface area contributed by atoms with E-state index in [1.54, 1.807) is 4.90 Å². The molecule has 7 nitrogen and oxygen atoms in total. The highest BCUT2D eigenvalue weighted by molar-refractivity contribution is 6.00. The van der Waals surface area contributed by atoms with Crippen LogP contribution in [0.5, 0.6) is 0 Å². The number of furan rings is 1. The van der Waals surface area contributed by atoms with Crippen molar-refractivity contribution in [1.29, 1.82) is 0 Å². The Hall–Kier alpha value is -3.09. The molecule has 0 bridgehead atoms. The number of hydrogen-bond donors (Lipinski definition) is 1. The number of aryl methyl sites for hydroxylation is 4. The van der Waals surface area contributed by atoms with Crippen LogP contribution in [0.2, 0.25) is 0 Å². The summed E-state index contributed by atoms with van der Waals surface area (Å²) in [7, 11) is 0. The molecule has 0 spiro atoms. The summed E-state index contributed by atoms with van der Waals surface area (Å²) in [6.07, 6.45) is 1.43. The summed E-state index contributed by atoms with van der Waals surface area (Å²) in [6.45, 7) is 8.59. The maximum atomic E-state index is 12.7. The minimum atomic E-state index is -0.802. The molecule has 3 heterocycles. The highest BCUT2D eigenvalue weighted by Crippen LogP contribution is 2.34. The van der Waals surface area contributed by atoms with Crippen molar-refractivity contribution in [1.82, 2.24) is 4.90 Å². The van der Waals surface area contributed by atoms with E-state index in [-0.39, 0.29) is 18.2 Å². The second kappa shape index (κ2) is 7.87. The minimum Gasteiger partial charge on any atom is -0.481 e. The number of carboxylic acids is 1. The van der Waals surface area contributed by atoms with Gasteiger partial charge in [-0.25, -0.2) is 4.79 Å². The molecule has 1 N–H and O–H groups in total. The first-order chi connectivity index (χ1) is 14.7. The first-order valence-corrected chi connectivity index (χ1v) is 10.6. The van der Waals surface area contributed by atoms with E-state index in [0.29, 0.717) is 43.5 Å². The number of nitrogens with zero attached hydrogens (tertiary/aromatic N) is 1. The van der Waals surface area contributed by atoms with Gasteiger partial charge in [-0.15, -0.1) is 0 Å². The number of aliphatic carboxylic acids is 1. The molecule has 1 aliphatic heterocycles. The molecule has 7 heteroatoms. The largest absolute Gasteiger partial charge is 0.481 e. The SMILES string of the molecule is Cc1oc2c(C)c3oc(=O)c(CCC(=O)N4CCC(C(=O)O)CC4)c(C)c3cc2c1C. The van der Waals surface area contributed by atoms with Gasteiger partial charge in [0.1, 0.15) is 16.9 Å². The van der Waals surface area contributed by atoms with E-state index in [1.807, 2.05) is 33.8 Å². The summed E-state index contributed by atoms with van der Waals surface area (Å²) < 4.78 is 11.5. The van der Waals surface area contributed by atoms with Gasteiger partial charge in [-0.2, -0.15) is 0 Å². The second-order valence-electron chi connectivity index (χ2n) is 8.52. The molecule has 4 rings (SSSR count). The van der Waals surface area contributed by atoms with Gasteiger partial charge in [0, 0.05) is 41.4 Å². The van der Waals surface area contributed by atoms with E-state index >= 15 is 0 Å². The minimum absolute atomic E-state index is 0.0596. The fourth-order valence-electron chi connectivity index (χ4n) is 4.55. The summed E-state index contributed by atoms with van der Waals surface area (Å²) >= 11 is 0. The number of carboxylic acid groups (broad SMARTS) is 1. The Morgan fingerprint density at radius 2 is 1.61 bits per heavy atom. The molecule has 1 saturated heterocycles. The number of carbonyl (C=O) groups is 2. The Kier molecular flexibility index (Phi) is 5.37. The van der Waals surface area contributed by atoms with Crippen LogP contribution in [0.1, 0.15) is 47.3 Å². The molecular weight excluding hydrogens is 398 g/mol. The van der Waals surface area contributed by atoms with Crippen LogP contribution >= 0.6 is 0 Å². The average molecular weight is 425 g/mol. The third-order valence-electron chi connectivity index (χ3n) is 6.73.